The van der Waals surface area contributed by atoms with Gasteiger partial charge in [0.1, 0.15) is 6.17 Å². The van der Waals surface area contributed by atoms with Crippen LogP contribution in [0.15, 0.2) is 48.8 Å². The van der Waals surface area contributed by atoms with Gasteiger partial charge in [0.25, 0.3) is 5.91 Å². The first-order valence-electron chi connectivity index (χ1n) is 6.93. The van der Waals surface area contributed by atoms with Crippen LogP contribution in [0.1, 0.15) is 21.5 Å². The van der Waals surface area contributed by atoms with E-state index in [1.807, 2.05) is 31.2 Å². The molecule has 2 N–H and O–H groups in total. The van der Waals surface area contributed by atoms with Crippen molar-refractivity contribution in [1.29, 1.82) is 0 Å². The van der Waals surface area contributed by atoms with Crippen molar-refractivity contribution in [3.05, 3.63) is 65.5 Å². The van der Waals surface area contributed by atoms with Crippen LogP contribution >= 0.6 is 34.8 Å². The Labute approximate surface area is 150 Å². The number of amides is 1. The molecule has 0 aliphatic carbocycles. The number of aromatic nitrogens is 1. The lowest BCUT2D eigenvalue weighted by Gasteiger charge is -2.26. The molecule has 1 aromatic carbocycles. The van der Waals surface area contributed by atoms with E-state index in [0.717, 1.165) is 11.1 Å². The van der Waals surface area contributed by atoms with E-state index in [-0.39, 0.29) is 5.91 Å². The maximum Gasteiger partial charge on any atom is 0.252 e. The Morgan fingerprint density at radius 3 is 2.48 bits per heavy atom. The van der Waals surface area contributed by atoms with Gasteiger partial charge in [0, 0.05) is 24.5 Å². The highest BCUT2D eigenvalue weighted by molar-refractivity contribution is 6.68. The molecule has 0 saturated heterocycles. The minimum Gasteiger partial charge on any atom is -0.333 e. The molecular weight excluding hydrogens is 357 g/mol. The zero-order valence-electron chi connectivity index (χ0n) is 12.4. The van der Waals surface area contributed by atoms with Crippen molar-refractivity contribution >= 4 is 40.7 Å². The van der Waals surface area contributed by atoms with Gasteiger partial charge in [-0.25, -0.2) is 0 Å². The summed E-state index contributed by atoms with van der Waals surface area (Å²) in [4.78, 5) is 16.3. The Balaban J connectivity index is 2.04. The Hall–Kier alpha value is -1.33. The maximum absolute atomic E-state index is 12.3. The van der Waals surface area contributed by atoms with E-state index in [9.17, 15) is 4.79 Å². The van der Waals surface area contributed by atoms with Crippen molar-refractivity contribution in [2.75, 3.05) is 0 Å². The molecule has 0 aliphatic heterocycles. The summed E-state index contributed by atoms with van der Waals surface area (Å²) in [7, 11) is 0. The number of benzene rings is 1. The lowest BCUT2D eigenvalue weighted by molar-refractivity contribution is 0.0929. The minimum absolute atomic E-state index is 0.319. The highest BCUT2D eigenvalue weighted by Crippen LogP contribution is 2.29. The average molecular weight is 373 g/mol. The molecule has 2 rings (SSSR count). The highest BCUT2D eigenvalue weighted by Gasteiger charge is 2.33. The number of carbonyl (C=O) groups excluding carboxylic acids is 1. The predicted molar refractivity (Wildman–Crippen MR) is 93.8 cm³/mol. The van der Waals surface area contributed by atoms with Crippen LogP contribution in [0, 0.1) is 6.92 Å². The van der Waals surface area contributed by atoms with E-state index in [1.54, 1.807) is 24.5 Å². The normalized spacial score (nSPS) is 12.7. The molecular formula is C16H16Cl3N3O. The summed E-state index contributed by atoms with van der Waals surface area (Å²) in [6.45, 7) is 2.35. The summed E-state index contributed by atoms with van der Waals surface area (Å²) in [5.41, 5.74) is 2.48. The van der Waals surface area contributed by atoms with Crippen LogP contribution in [0.4, 0.5) is 0 Å². The number of hydrogen-bond donors (Lipinski definition) is 2. The molecule has 0 radical (unpaired) electrons. The van der Waals surface area contributed by atoms with Gasteiger partial charge in [-0.3, -0.25) is 15.1 Å². The fourth-order valence-electron chi connectivity index (χ4n) is 1.89. The van der Waals surface area contributed by atoms with E-state index < -0.39 is 9.96 Å². The van der Waals surface area contributed by atoms with Crippen molar-refractivity contribution in [2.45, 2.75) is 23.4 Å². The molecule has 0 fully saturated rings. The lowest BCUT2D eigenvalue weighted by Crippen LogP contribution is -2.53. The first-order chi connectivity index (χ1) is 10.9. The summed E-state index contributed by atoms with van der Waals surface area (Å²) >= 11 is 17.9. The molecule has 1 aromatic heterocycles. The summed E-state index contributed by atoms with van der Waals surface area (Å²) in [6, 6.07) is 10.8. The number of pyridine rings is 1. The van der Waals surface area contributed by atoms with E-state index in [1.165, 1.54) is 0 Å². The van der Waals surface area contributed by atoms with Gasteiger partial charge in [-0.2, -0.15) is 0 Å². The summed E-state index contributed by atoms with van der Waals surface area (Å²) in [5, 5.41) is 5.72. The van der Waals surface area contributed by atoms with E-state index >= 15 is 0 Å². The predicted octanol–water partition coefficient (Wildman–Crippen LogP) is 3.61. The zero-order valence-corrected chi connectivity index (χ0v) is 14.7. The van der Waals surface area contributed by atoms with Crippen molar-refractivity contribution in [3.8, 4) is 0 Å². The first kappa shape index (κ1) is 18.0. The smallest absolute Gasteiger partial charge is 0.252 e. The fraction of sp³-hybridized carbons (Fsp3) is 0.250. The quantitative estimate of drug-likeness (QED) is 0.623. The van der Waals surface area contributed by atoms with Crippen molar-refractivity contribution in [3.63, 3.8) is 0 Å². The van der Waals surface area contributed by atoms with Gasteiger partial charge in [0.2, 0.25) is 3.79 Å². The maximum atomic E-state index is 12.3. The topological polar surface area (TPSA) is 54.0 Å². The number of aryl methyl sites for hydroxylation is 1. The van der Waals surface area contributed by atoms with Crippen LogP contribution in [0.5, 0.6) is 0 Å². The third kappa shape index (κ3) is 5.66. The molecule has 0 bridgehead atoms. The number of nitrogens with one attached hydrogen (secondary N) is 2. The third-order valence-corrected chi connectivity index (χ3v) is 3.80. The standard InChI is InChI=1S/C16H16Cl3N3O/c1-11-4-6-13(7-5-11)14(23)22-15(16(17,18)19)21-10-12-3-2-8-20-9-12/h2-9,15,21H,10H2,1H3,(H,22,23). The number of nitrogens with zero attached hydrogens (tertiary/aromatic N) is 1. The molecule has 1 atom stereocenters. The monoisotopic (exact) mass is 371 g/mol. The van der Waals surface area contributed by atoms with Gasteiger partial charge < -0.3 is 5.32 Å². The first-order valence-corrected chi connectivity index (χ1v) is 8.06. The molecule has 0 saturated carbocycles. The second kappa shape index (κ2) is 7.97. The molecule has 23 heavy (non-hydrogen) atoms. The van der Waals surface area contributed by atoms with Gasteiger partial charge in [-0.05, 0) is 30.7 Å². The molecule has 1 amide bonds. The van der Waals surface area contributed by atoms with Crippen molar-refractivity contribution < 1.29 is 4.79 Å². The molecule has 0 spiro atoms. The van der Waals surface area contributed by atoms with Crippen LogP contribution in [-0.4, -0.2) is 20.8 Å². The molecule has 4 nitrogen and oxygen atoms in total. The van der Waals surface area contributed by atoms with Crippen molar-refractivity contribution in [1.82, 2.24) is 15.6 Å². The molecule has 2 aromatic rings. The van der Waals surface area contributed by atoms with Gasteiger partial charge in [-0.1, -0.05) is 58.6 Å². The van der Waals surface area contributed by atoms with Crippen LogP contribution in [0.25, 0.3) is 0 Å². The summed E-state index contributed by atoms with van der Waals surface area (Å²) in [5.74, 6) is -0.319. The van der Waals surface area contributed by atoms with Gasteiger partial charge >= 0.3 is 0 Å². The highest BCUT2D eigenvalue weighted by atomic mass is 35.6. The van der Waals surface area contributed by atoms with Crippen LogP contribution in [0.2, 0.25) is 0 Å². The molecule has 7 heteroatoms. The number of halogens is 3. The largest absolute Gasteiger partial charge is 0.333 e. The van der Waals surface area contributed by atoms with Crippen LogP contribution in [-0.2, 0) is 6.54 Å². The lowest BCUT2D eigenvalue weighted by atomic mass is 10.1. The van der Waals surface area contributed by atoms with Crippen molar-refractivity contribution in [2.24, 2.45) is 0 Å². The van der Waals surface area contributed by atoms with Gasteiger partial charge in [0.15, 0.2) is 0 Å². The second-order valence-corrected chi connectivity index (χ2v) is 7.43. The van der Waals surface area contributed by atoms with E-state index in [4.69, 9.17) is 34.8 Å². The second-order valence-electron chi connectivity index (χ2n) is 5.06. The van der Waals surface area contributed by atoms with Gasteiger partial charge in [-0.15, -0.1) is 0 Å². The molecule has 122 valence electrons. The Morgan fingerprint density at radius 2 is 1.91 bits per heavy atom. The van der Waals surface area contributed by atoms with E-state index in [2.05, 4.69) is 15.6 Å². The number of alkyl halides is 3. The zero-order chi connectivity index (χ0) is 16.9. The van der Waals surface area contributed by atoms with Crippen LogP contribution in [0.3, 0.4) is 0 Å². The number of carbonyl (C=O) groups is 1. The molecule has 1 heterocycles. The third-order valence-electron chi connectivity index (χ3n) is 3.15. The fourth-order valence-corrected chi connectivity index (χ4v) is 2.29. The minimum atomic E-state index is -1.69. The summed E-state index contributed by atoms with van der Waals surface area (Å²) in [6.07, 6.45) is 2.53. The van der Waals surface area contributed by atoms with Gasteiger partial charge in [0.05, 0.1) is 0 Å². The van der Waals surface area contributed by atoms with E-state index in [0.29, 0.717) is 12.1 Å². The average Bonchev–Trinajstić information content (AvgIpc) is 2.51. The Bertz CT molecular complexity index is 642. The van der Waals surface area contributed by atoms with Crippen LogP contribution < -0.4 is 10.6 Å². The SMILES string of the molecule is Cc1ccc(C(=O)NC(NCc2cccnc2)C(Cl)(Cl)Cl)cc1. The Kier molecular flexibility index (Phi) is 6.25. The number of rotatable bonds is 5. The number of hydrogen-bond acceptors (Lipinski definition) is 3. The summed E-state index contributed by atoms with van der Waals surface area (Å²) < 4.78 is -1.69. The molecule has 1 unspecified atom stereocenters. The molecule has 0 aliphatic rings. The Morgan fingerprint density at radius 1 is 1.22 bits per heavy atom.